The van der Waals surface area contributed by atoms with E-state index in [9.17, 15) is 17.8 Å². The summed E-state index contributed by atoms with van der Waals surface area (Å²) in [5.74, 6) is -0.284. The molecule has 0 saturated heterocycles. The van der Waals surface area contributed by atoms with Gasteiger partial charge in [0.05, 0.1) is 16.4 Å². The molecule has 246 valence electrons. The van der Waals surface area contributed by atoms with Crippen molar-refractivity contribution in [2.45, 2.75) is 39.8 Å². The highest BCUT2D eigenvalue weighted by molar-refractivity contribution is 7.85. The first-order chi connectivity index (χ1) is 23.3. The summed E-state index contributed by atoms with van der Waals surface area (Å²) >= 11 is 3.12. The van der Waals surface area contributed by atoms with E-state index in [2.05, 4.69) is 71.1 Å². The van der Waals surface area contributed by atoms with Crippen molar-refractivity contribution >= 4 is 56.2 Å². The van der Waals surface area contributed by atoms with Crippen LogP contribution in [-0.4, -0.2) is 29.8 Å². The predicted molar refractivity (Wildman–Crippen MR) is 199 cm³/mol. The van der Waals surface area contributed by atoms with Crippen LogP contribution in [0, 0.1) is 0 Å². The van der Waals surface area contributed by atoms with E-state index < -0.39 is 10.1 Å². The molecule has 0 bridgehead atoms. The van der Waals surface area contributed by atoms with E-state index in [0.717, 1.165) is 54.7 Å². The van der Waals surface area contributed by atoms with E-state index in [1.54, 1.807) is 11.3 Å². The molecule has 0 unspecified atom stereocenters. The number of hydrogen-bond donors (Lipinski definition) is 1. The Bertz CT molecular complexity index is 2270. The summed E-state index contributed by atoms with van der Waals surface area (Å²) in [4.78, 5) is 17.0. The highest BCUT2D eigenvalue weighted by Crippen LogP contribution is 2.36. The number of hydrogen-bond acceptors (Lipinski definition) is 6. The Morgan fingerprint density at radius 3 is 2.21 bits per heavy atom. The summed E-state index contributed by atoms with van der Waals surface area (Å²) in [7, 11) is -4.05. The SMILES string of the molecule is CCN1C=C/C(=C/C=c2/s/c(=C\c3sc(-c4ccccc4)c(-c4ccccc4)[n+]3CCCCS(=O)(=O)O)n(CC)c2=O)c2ccccc21. The Balaban J connectivity index is 1.50. The number of fused-ring (bicyclic) bond motifs is 1. The molecule has 0 atom stereocenters. The van der Waals surface area contributed by atoms with Gasteiger partial charge in [-0.1, -0.05) is 84.1 Å². The Kier molecular flexibility index (Phi) is 10.4. The number of anilines is 1. The van der Waals surface area contributed by atoms with E-state index >= 15 is 0 Å². The van der Waals surface area contributed by atoms with Gasteiger partial charge in [0.2, 0.25) is 5.69 Å². The zero-order valence-electron chi connectivity index (χ0n) is 27.0. The van der Waals surface area contributed by atoms with Gasteiger partial charge in [-0.25, -0.2) is 0 Å². The molecule has 5 aromatic rings. The number of rotatable bonds is 11. The van der Waals surface area contributed by atoms with Gasteiger partial charge in [-0.15, -0.1) is 11.3 Å². The number of unbranched alkanes of at least 4 members (excludes halogenated alkanes) is 1. The number of para-hydroxylation sites is 1. The lowest BCUT2D eigenvalue weighted by molar-refractivity contribution is -0.683. The van der Waals surface area contributed by atoms with Crippen molar-refractivity contribution in [3.05, 3.63) is 133 Å². The zero-order valence-corrected chi connectivity index (χ0v) is 29.4. The van der Waals surface area contributed by atoms with Crippen LogP contribution in [0.25, 0.3) is 39.4 Å². The fourth-order valence-electron chi connectivity index (χ4n) is 5.95. The highest BCUT2D eigenvalue weighted by Gasteiger charge is 2.28. The van der Waals surface area contributed by atoms with Crippen LogP contribution < -0.4 is 24.2 Å². The monoisotopic (exact) mass is 696 g/mol. The number of thiazole rings is 2. The van der Waals surface area contributed by atoms with Gasteiger partial charge < -0.3 is 4.90 Å². The molecule has 0 spiro atoms. The molecule has 0 amide bonds. The van der Waals surface area contributed by atoms with Crippen LogP contribution in [0.3, 0.4) is 0 Å². The number of benzene rings is 3. The maximum atomic E-state index is 13.7. The third kappa shape index (κ3) is 7.37. The number of aromatic nitrogens is 2. The molecule has 1 aliphatic rings. The quantitative estimate of drug-likeness (QED) is 0.0993. The molecule has 3 aromatic carbocycles. The van der Waals surface area contributed by atoms with E-state index in [1.807, 2.05) is 72.2 Å². The van der Waals surface area contributed by atoms with Crippen LogP contribution in [0.4, 0.5) is 5.69 Å². The molecule has 2 aromatic heterocycles. The van der Waals surface area contributed by atoms with Crippen molar-refractivity contribution in [3.8, 4) is 21.7 Å². The lowest BCUT2D eigenvalue weighted by atomic mass is 9.99. The molecule has 48 heavy (non-hydrogen) atoms. The third-order valence-corrected chi connectivity index (χ3v) is 11.4. The van der Waals surface area contributed by atoms with Gasteiger partial charge >= 0.3 is 0 Å². The van der Waals surface area contributed by atoms with Crippen LogP contribution in [0.15, 0.2) is 108 Å². The topological polar surface area (TPSA) is 83.5 Å². The summed E-state index contributed by atoms with van der Waals surface area (Å²) in [5, 5.41) is 0.955. The first kappa shape index (κ1) is 33.5. The van der Waals surface area contributed by atoms with Crippen molar-refractivity contribution < 1.29 is 17.5 Å². The summed E-state index contributed by atoms with van der Waals surface area (Å²) in [5.41, 5.74) is 6.46. The Labute approximate surface area is 289 Å². The number of nitrogens with zero attached hydrogens (tertiary/aromatic N) is 3. The standard InChI is InChI=1S/C38H37N3O4S3/c1-3-39-25-23-28(31-19-11-12-20-32(31)39)21-22-33-38(42)40(4-2)34(46-33)27-35-41(24-13-14-26-48(43,44)45)36(29-15-7-5-8-16-29)37(47-35)30-17-9-6-10-18-30/h5-12,15-23,25,27H,3-4,13-14,24,26H2,1-2H3/p+1/b28-21-,33-22+. The molecule has 0 fully saturated rings. The molecule has 0 aliphatic carbocycles. The van der Waals surface area contributed by atoms with Gasteiger partial charge in [0.15, 0.2) is 6.54 Å². The molecule has 3 heterocycles. The molecule has 0 saturated carbocycles. The minimum absolute atomic E-state index is 0.0308. The lowest BCUT2D eigenvalue weighted by Gasteiger charge is -2.26. The second-order valence-electron chi connectivity index (χ2n) is 11.4. The van der Waals surface area contributed by atoms with Crippen molar-refractivity contribution in [1.82, 2.24) is 4.57 Å². The molecule has 0 radical (unpaired) electrons. The normalized spacial score (nSPS) is 14.6. The van der Waals surface area contributed by atoms with Gasteiger partial charge in [-0.2, -0.15) is 13.0 Å². The Morgan fingerprint density at radius 2 is 1.52 bits per heavy atom. The van der Waals surface area contributed by atoms with Gasteiger partial charge in [-0.05, 0) is 61.8 Å². The summed E-state index contributed by atoms with van der Waals surface area (Å²) in [6.07, 6.45) is 11.1. The predicted octanol–water partition coefficient (Wildman–Crippen LogP) is 6.33. The van der Waals surface area contributed by atoms with Crippen molar-refractivity contribution in [1.29, 1.82) is 0 Å². The van der Waals surface area contributed by atoms with Crippen molar-refractivity contribution in [2.24, 2.45) is 0 Å². The summed E-state index contributed by atoms with van der Waals surface area (Å²) in [6.45, 7) is 6.05. The largest absolute Gasteiger partial charge is 0.348 e. The second kappa shape index (κ2) is 14.8. The Hall–Kier alpha value is -4.35. The summed E-state index contributed by atoms with van der Waals surface area (Å²) < 4.78 is 37.8. The van der Waals surface area contributed by atoms with Crippen LogP contribution in [0.2, 0.25) is 0 Å². The average molecular weight is 697 g/mol. The highest BCUT2D eigenvalue weighted by atomic mass is 32.2. The molecular formula is C38H38N3O4S3+. The van der Waals surface area contributed by atoms with Gasteiger partial charge in [0, 0.05) is 42.5 Å². The van der Waals surface area contributed by atoms with Gasteiger partial charge in [-0.3, -0.25) is 13.9 Å². The molecule has 10 heteroatoms. The fourth-order valence-corrected chi connectivity index (χ4v) is 8.90. The lowest BCUT2D eigenvalue weighted by Crippen LogP contribution is -2.38. The van der Waals surface area contributed by atoms with E-state index in [-0.39, 0.29) is 11.3 Å². The molecule has 1 aliphatic heterocycles. The van der Waals surface area contributed by atoms with Crippen LogP contribution >= 0.6 is 22.7 Å². The third-order valence-electron chi connectivity index (χ3n) is 8.29. The first-order valence-corrected chi connectivity index (χ1v) is 19.3. The average Bonchev–Trinajstić information content (AvgIpc) is 3.61. The van der Waals surface area contributed by atoms with E-state index in [0.29, 0.717) is 30.5 Å². The minimum Gasteiger partial charge on any atom is -0.348 e. The molecular weight excluding hydrogens is 659 g/mol. The van der Waals surface area contributed by atoms with Crippen molar-refractivity contribution in [3.63, 3.8) is 0 Å². The minimum atomic E-state index is -4.05. The molecule has 7 nitrogen and oxygen atoms in total. The van der Waals surface area contributed by atoms with Gasteiger partial charge in [0.25, 0.3) is 20.7 Å². The van der Waals surface area contributed by atoms with Crippen LogP contribution in [0.1, 0.15) is 37.3 Å². The molecule has 6 rings (SSSR count). The van der Waals surface area contributed by atoms with Crippen molar-refractivity contribution in [2.75, 3.05) is 17.2 Å². The zero-order chi connectivity index (χ0) is 33.7. The summed E-state index contributed by atoms with van der Waals surface area (Å²) in [6, 6.07) is 28.7. The van der Waals surface area contributed by atoms with E-state index in [4.69, 9.17) is 0 Å². The van der Waals surface area contributed by atoms with Crippen LogP contribution in [0.5, 0.6) is 0 Å². The second-order valence-corrected chi connectivity index (χ2v) is 15.1. The smallest absolute Gasteiger partial charge is 0.269 e. The van der Waals surface area contributed by atoms with Gasteiger partial charge in [0.1, 0.15) is 9.54 Å². The maximum Gasteiger partial charge on any atom is 0.269 e. The fraction of sp³-hybridized carbons (Fsp3) is 0.211. The molecule has 1 N–H and O–H groups in total. The maximum absolute atomic E-state index is 13.7. The Morgan fingerprint density at radius 1 is 0.833 bits per heavy atom. The number of allylic oxidation sites excluding steroid dienone is 3. The van der Waals surface area contributed by atoms with Crippen LogP contribution in [-0.2, 0) is 23.2 Å². The first-order valence-electron chi connectivity index (χ1n) is 16.1. The van der Waals surface area contributed by atoms with E-state index in [1.165, 1.54) is 11.3 Å².